The van der Waals surface area contributed by atoms with Crippen LogP contribution in [0.4, 0.5) is 0 Å². The summed E-state index contributed by atoms with van der Waals surface area (Å²) in [5, 5.41) is 11.5. The first-order valence-corrected chi connectivity index (χ1v) is 12.8. The molecule has 1 atom stereocenters. The minimum absolute atomic E-state index is 0.0157. The van der Waals surface area contributed by atoms with E-state index in [0.29, 0.717) is 17.5 Å². The Morgan fingerprint density at radius 1 is 1.03 bits per heavy atom. The van der Waals surface area contributed by atoms with E-state index in [-0.39, 0.29) is 11.2 Å². The second-order valence-electron chi connectivity index (χ2n) is 8.68. The molecule has 0 spiro atoms. The molecule has 176 valence electrons. The number of benzene rings is 2. The van der Waals surface area contributed by atoms with Crippen molar-refractivity contribution in [3.05, 3.63) is 65.2 Å². The number of nitrogens with one attached hydrogen (secondary N) is 1. The predicted octanol–water partition coefficient (Wildman–Crippen LogP) is 6.32. The van der Waals surface area contributed by atoms with Crippen LogP contribution < -0.4 is 10.1 Å². The van der Waals surface area contributed by atoms with E-state index in [9.17, 15) is 4.79 Å². The minimum atomic E-state index is -0.178. The van der Waals surface area contributed by atoms with Crippen molar-refractivity contribution in [1.29, 1.82) is 0 Å². The third kappa shape index (κ3) is 8.35. The molecule has 1 heterocycles. The van der Waals surface area contributed by atoms with Gasteiger partial charge in [-0.1, -0.05) is 82.5 Å². The van der Waals surface area contributed by atoms with Gasteiger partial charge in [-0.2, -0.15) is 5.10 Å². The van der Waals surface area contributed by atoms with Crippen molar-refractivity contribution in [2.45, 2.75) is 70.5 Å². The fourth-order valence-electron chi connectivity index (χ4n) is 3.53. The maximum absolute atomic E-state index is 12.3. The molecule has 3 rings (SSSR count). The van der Waals surface area contributed by atoms with Gasteiger partial charge in [-0.3, -0.25) is 4.79 Å². The molecule has 1 aliphatic heterocycles. The van der Waals surface area contributed by atoms with Crippen LogP contribution in [0.3, 0.4) is 0 Å². The minimum Gasteiger partial charge on any atom is -0.494 e. The highest BCUT2D eigenvalue weighted by atomic mass is 32.2. The lowest BCUT2D eigenvalue weighted by Crippen LogP contribution is -2.25. The van der Waals surface area contributed by atoms with Crippen LogP contribution in [0.15, 0.2) is 58.7 Å². The lowest BCUT2D eigenvalue weighted by molar-refractivity contribution is -0.118. The Morgan fingerprint density at radius 2 is 1.76 bits per heavy atom. The van der Waals surface area contributed by atoms with Gasteiger partial charge in [0.2, 0.25) is 5.91 Å². The van der Waals surface area contributed by atoms with Crippen molar-refractivity contribution in [1.82, 2.24) is 5.32 Å². The molecule has 0 aliphatic carbocycles. The van der Waals surface area contributed by atoms with Crippen molar-refractivity contribution >= 4 is 29.1 Å². The number of thioether (sulfide) groups is 1. The summed E-state index contributed by atoms with van der Waals surface area (Å²) in [5.74, 6) is 1.36. The van der Waals surface area contributed by atoms with Crippen molar-refractivity contribution in [3.63, 3.8) is 0 Å². The molecule has 1 N–H and O–H groups in total. The Balaban J connectivity index is 1.44. The number of amides is 1. The Morgan fingerprint density at radius 3 is 2.45 bits per heavy atom. The van der Waals surface area contributed by atoms with Gasteiger partial charge in [0.15, 0.2) is 5.17 Å². The second kappa shape index (κ2) is 13.2. The molecule has 1 amide bonds. The Kier molecular flexibility index (Phi) is 10.0. The zero-order valence-electron chi connectivity index (χ0n) is 19.9. The van der Waals surface area contributed by atoms with E-state index in [0.717, 1.165) is 29.9 Å². The quantitative estimate of drug-likeness (QED) is 0.226. The maximum Gasteiger partial charge on any atom is 0.239 e. The number of carbonyl (C=O) groups is 1. The topological polar surface area (TPSA) is 63.1 Å². The van der Waals surface area contributed by atoms with Gasteiger partial charge in [0.25, 0.3) is 0 Å². The Bertz CT molecular complexity index is 937. The number of rotatable bonds is 12. The molecule has 2 aromatic rings. The summed E-state index contributed by atoms with van der Waals surface area (Å²) in [4.78, 5) is 12.3. The first kappa shape index (κ1) is 25.0. The number of hydrogen-bond acceptors (Lipinski definition) is 5. The number of unbranched alkanes of at least 4 members (excludes halogenated alkanes) is 4. The normalized spacial score (nSPS) is 17.3. The first-order chi connectivity index (χ1) is 16.0. The molecule has 1 fully saturated rings. The van der Waals surface area contributed by atoms with Crippen LogP contribution in [-0.2, 0) is 11.2 Å². The molecule has 0 bridgehead atoms. The van der Waals surface area contributed by atoms with E-state index in [1.807, 2.05) is 24.3 Å². The second-order valence-corrected chi connectivity index (χ2v) is 9.87. The van der Waals surface area contributed by atoms with Crippen LogP contribution in [-0.4, -0.2) is 29.1 Å². The molecule has 0 aromatic heterocycles. The molecular weight excluding hydrogens is 430 g/mol. The van der Waals surface area contributed by atoms with E-state index in [4.69, 9.17) is 4.74 Å². The monoisotopic (exact) mass is 465 g/mol. The molecule has 0 unspecified atom stereocenters. The fraction of sp³-hybridized carbons (Fsp3) is 0.444. The zero-order chi connectivity index (χ0) is 23.5. The van der Waals surface area contributed by atoms with Gasteiger partial charge >= 0.3 is 0 Å². The van der Waals surface area contributed by atoms with E-state index < -0.39 is 0 Å². The SMILES string of the molecule is CCCCCCCOc1ccc(/C=N\N=C2\NC(=O)[C@H](Cc3ccc(C(C)C)cc3)S2)cc1. The lowest BCUT2D eigenvalue weighted by atomic mass is 10.0. The summed E-state index contributed by atoms with van der Waals surface area (Å²) < 4.78 is 5.79. The molecule has 1 aliphatic rings. The summed E-state index contributed by atoms with van der Waals surface area (Å²) in [6.45, 7) is 7.33. The van der Waals surface area contributed by atoms with Crippen LogP contribution in [0.5, 0.6) is 5.75 Å². The summed E-state index contributed by atoms with van der Waals surface area (Å²) in [6.07, 6.45) is 8.51. The van der Waals surface area contributed by atoms with E-state index >= 15 is 0 Å². The van der Waals surface area contributed by atoms with Crippen molar-refractivity contribution in [2.75, 3.05) is 6.61 Å². The molecule has 5 nitrogen and oxygen atoms in total. The van der Waals surface area contributed by atoms with Gasteiger partial charge in [0.1, 0.15) is 5.75 Å². The summed E-state index contributed by atoms with van der Waals surface area (Å²) in [7, 11) is 0. The van der Waals surface area contributed by atoms with Crippen LogP contribution >= 0.6 is 11.8 Å². The van der Waals surface area contributed by atoms with Gasteiger partial charge < -0.3 is 10.1 Å². The molecular formula is C27H35N3O2S. The smallest absolute Gasteiger partial charge is 0.239 e. The van der Waals surface area contributed by atoms with E-state index in [2.05, 4.69) is 60.6 Å². The number of carbonyl (C=O) groups excluding carboxylic acids is 1. The highest BCUT2D eigenvalue weighted by molar-refractivity contribution is 8.15. The Labute approximate surface area is 202 Å². The highest BCUT2D eigenvalue weighted by Crippen LogP contribution is 2.24. The number of ether oxygens (including phenoxy) is 1. The molecule has 0 saturated carbocycles. The van der Waals surface area contributed by atoms with Gasteiger partial charge in [-0.05, 0) is 59.7 Å². The highest BCUT2D eigenvalue weighted by Gasteiger charge is 2.30. The average Bonchev–Trinajstić information content (AvgIpc) is 3.16. The number of nitrogens with zero attached hydrogens (tertiary/aromatic N) is 2. The third-order valence-electron chi connectivity index (χ3n) is 5.60. The lowest BCUT2D eigenvalue weighted by Gasteiger charge is -2.08. The van der Waals surface area contributed by atoms with Crippen LogP contribution in [0.25, 0.3) is 0 Å². The van der Waals surface area contributed by atoms with Crippen molar-refractivity contribution in [2.24, 2.45) is 10.2 Å². The molecule has 2 aromatic carbocycles. The van der Waals surface area contributed by atoms with Crippen LogP contribution in [0.1, 0.15) is 75.5 Å². The predicted molar refractivity (Wildman–Crippen MR) is 139 cm³/mol. The number of hydrogen-bond donors (Lipinski definition) is 1. The van der Waals surface area contributed by atoms with E-state index in [1.165, 1.54) is 43.0 Å². The third-order valence-corrected chi connectivity index (χ3v) is 6.67. The maximum atomic E-state index is 12.3. The number of amidine groups is 1. The van der Waals surface area contributed by atoms with Crippen molar-refractivity contribution in [3.8, 4) is 5.75 Å². The molecule has 0 radical (unpaired) electrons. The van der Waals surface area contributed by atoms with Gasteiger partial charge in [-0.15, -0.1) is 5.10 Å². The average molecular weight is 466 g/mol. The zero-order valence-corrected chi connectivity index (χ0v) is 20.7. The Hall–Kier alpha value is -2.60. The van der Waals surface area contributed by atoms with E-state index in [1.54, 1.807) is 6.21 Å². The molecule has 1 saturated heterocycles. The summed E-state index contributed by atoms with van der Waals surface area (Å²) in [5.41, 5.74) is 3.40. The standard InChI is InChI=1S/C27H35N3O2S/c1-4-5-6-7-8-17-32-24-15-11-22(12-16-24)19-28-30-27-29-26(31)25(33-27)18-21-9-13-23(14-10-21)20(2)3/h9-16,19-20,25H,4-8,17-18H2,1-3H3,(H,29,30,31)/b28-19-/t25-/m0/s1. The largest absolute Gasteiger partial charge is 0.494 e. The van der Waals surface area contributed by atoms with Gasteiger partial charge in [0.05, 0.1) is 18.1 Å². The molecule has 33 heavy (non-hydrogen) atoms. The van der Waals surface area contributed by atoms with Gasteiger partial charge in [-0.25, -0.2) is 0 Å². The van der Waals surface area contributed by atoms with Crippen LogP contribution in [0, 0.1) is 0 Å². The summed E-state index contributed by atoms with van der Waals surface area (Å²) >= 11 is 1.43. The van der Waals surface area contributed by atoms with Crippen LogP contribution in [0.2, 0.25) is 0 Å². The van der Waals surface area contributed by atoms with Gasteiger partial charge in [0, 0.05) is 0 Å². The summed E-state index contributed by atoms with van der Waals surface area (Å²) in [6, 6.07) is 16.3. The first-order valence-electron chi connectivity index (χ1n) is 12.0. The van der Waals surface area contributed by atoms with Crippen molar-refractivity contribution < 1.29 is 9.53 Å². The fourth-order valence-corrected chi connectivity index (χ4v) is 4.50. The molecule has 6 heteroatoms.